The van der Waals surface area contributed by atoms with Crippen LogP contribution in [0.3, 0.4) is 0 Å². The van der Waals surface area contributed by atoms with Crippen LogP contribution in [0.4, 0.5) is 0 Å². The van der Waals surface area contributed by atoms with E-state index in [0.29, 0.717) is 24.3 Å². The van der Waals surface area contributed by atoms with Crippen LogP contribution in [-0.4, -0.2) is 18.4 Å². The molecule has 0 atom stereocenters. The van der Waals surface area contributed by atoms with Gasteiger partial charge in [0.05, 0.1) is 6.54 Å². The molecule has 2 aliphatic carbocycles. The van der Waals surface area contributed by atoms with Crippen LogP contribution in [0.2, 0.25) is 0 Å². The van der Waals surface area contributed by atoms with Gasteiger partial charge in [-0.15, -0.1) is 17.0 Å². The first-order valence-corrected chi connectivity index (χ1v) is 6.62. The summed E-state index contributed by atoms with van der Waals surface area (Å²) in [7, 11) is 0. The third-order valence-corrected chi connectivity index (χ3v) is 3.98. The van der Waals surface area contributed by atoms with Crippen molar-refractivity contribution in [2.75, 3.05) is 6.54 Å². The molecule has 0 aliphatic heterocycles. The fraction of sp³-hybridized carbons (Fsp3) is 0.923. The van der Waals surface area contributed by atoms with Crippen molar-refractivity contribution in [2.45, 2.75) is 63.8 Å². The van der Waals surface area contributed by atoms with Crippen LogP contribution in [0.1, 0.15) is 57.8 Å². The molecule has 0 radical (unpaired) electrons. The number of nitrogens with one attached hydrogen (secondary N) is 1. The lowest BCUT2D eigenvalue weighted by Gasteiger charge is -2.23. The number of hydrogen-bond donors (Lipinski definition) is 1. The van der Waals surface area contributed by atoms with E-state index in [9.17, 15) is 4.79 Å². The molecule has 2 nitrogen and oxygen atoms in total. The molecule has 0 bridgehead atoms. The zero-order chi connectivity index (χ0) is 10.5. The third kappa shape index (κ3) is 4.17. The Morgan fingerprint density at radius 3 is 2.12 bits per heavy atom. The molecule has 1 N–H and O–H groups in total. The highest BCUT2D eigenvalue weighted by atomic mass is 79.9. The van der Waals surface area contributed by atoms with Gasteiger partial charge in [-0.25, -0.2) is 0 Å². The Hall–Kier alpha value is 0.110. The van der Waals surface area contributed by atoms with Gasteiger partial charge < -0.3 is 5.32 Å². The molecule has 16 heavy (non-hydrogen) atoms. The number of carbonyl (C=O) groups is 1. The first-order valence-electron chi connectivity index (χ1n) is 6.62. The van der Waals surface area contributed by atoms with E-state index in [1.165, 1.54) is 44.9 Å². The van der Waals surface area contributed by atoms with Crippen LogP contribution in [0.5, 0.6) is 0 Å². The number of hydrogen-bond acceptors (Lipinski definition) is 2. The van der Waals surface area contributed by atoms with E-state index >= 15 is 0 Å². The van der Waals surface area contributed by atoms with Gasteiger partial charge in [0.1, 0.15) is 5.78 Å². The second kappa shape index (κ2) is 7.44. The summed E-state index contributed by atoms with van der Waals surface area (Å²) in [5.74, 6) is 0.860. The van der Waals surface area contributed by atoms with Crippen LogP contribution in [0.25, 0.3) is 0 Å². The summed E-state index contributed by atoms with van der Waals surface area (Å²) in [4.78, 5) is 11.8. The zero-order valence-corrected chi connectivity index (χ0v) is 11.8. The Labute approximate surface area is 109 Å². The smallest absolute Gasteiger partial charge is 0.149 e. The Morgan fingerprint density at radius 2 is 1.50 bits per heavy atom. The van der Waals surface area contributed by atoms with E-state index in [-0.39, 0.29) is 17.0 Å². The minimum atomic E-state index is 0. The van der Waals surface area contributed by atoms with E-state index in [2.05, 4.69) is 5.32 Å². The Morgan fingerprint density at radius 1 is 0.938 bits per heavy atom. The lowest BCUT2D eigenvalue weighted by Crippen LogP contribution is -2.36. The first-order chi connectivity index (χ1) is 7.36. The second-order valence-electron chi connectivity index (χ2n) is 5.16. The molecule has 2 rings (SSSR count). The van der Waals surface area contributed by atoms with Gasteiger partial charge in [-0.3, -0.25) is 4.79 Å². The highest BCUT2D eigenvalue weighted by Crippen LogP contribution is 2.25. The lowest BCUT2D eigenvalue weighted by molar-refractivity contribution is -0.122. The summed E-state index contributed by atoms with van der Waals surface area (Å²) < 4.78 is 0. The minimum Gasteiger partial charge on any atom is -0.307 e. The highest BCUT2D eigenvalue weighted by Gasteiger charge is 2.23. The molecule has 0 aromatic heterocycles. The molecule has 2 saturated carbocycles. The molecule has 0 saturated heterocycles. The first kappa shape index (κ1) is 14.2. The van der Waals surface area contributed by atoms with Crippen molar-refractivity contribution in [1.82, 2.24) is 5.32 Å². The fourth-order valence-electron chi connectivity index (χ4n) is 2.94. The van der Waals surface area contributed by atoms with Gasteiger partial charge in [-0.1, -0.05) is 32.1 Å². The van der Waals surface area contributed by atoms with Crippen molar-refractivity contribution in [3.05, 3.63) is 0 Å². The van der Waals surface area contributed by atoms with Crippen LogP contribution >= 0.6 is 17.0 Å². The van der Waals surface area contributed by atoms with Crippen molar-refractivity contribution in [3.63, 3.8) is 0 Å². The van der Waals surface area contributed by atoms with E-state index < -0.39 is 0 Å². The normalized spacial score (nSPS) is 23.0. The second-order valence-corrected chi connectivity index (χ2v) is 5.16. The molecular formula is C13H24BrNO. The number of carbonyl (C=O) groups excluding carboxylic acids is 1. The Bertz CT molecular complexity index is 208. The van der Waals surface area contributed by atoms with Gasteiger partial charge >= 0.3 is 0 Å². The number of rotatable bonds is 4. The van der Waals surface area contributed by atoms with Gasteiger partial charge in [0.15, 0.2) is 0 Å². The van der Waals surface area contributed by atoms with Crippen molar-refractivity contribution >= 4 is 22.8 Å². The van der Waals surface area contributed by atoms with Gasteiger partial charge in [0.25, 0.3) is 0 Å². The number of halogens is 1. The molecule has 0 spiro atoms. The molecule has 3 heteroatoms. The molecule has 94 valence electrons. The molecule has 2 aliphatic rings. The van der Waals surface area contributed by atoms with Gasteiger partial charge in [-0.2, -0.15) is 0 Å². The summed E-state index contributed by atoms with van der Waals surface area (Å²) >= 11 is 0. The largest absolute Gasteiger partial charge is 0.307 e. The van der Waals surface area contributed by atoms with Crippen LogP contribution in [0.15, 0.2) is 0 Å². The van der Waals surface area contributed by atoms with Crippen molar-refractivity contribution in [1.29, 1.82) is 0 Å². The van der Waals surface area contributed by atoms with E-state index in [1.54, 1.807) is 0 Å². The molecule has 0 amide bonds. The summed E-state index contributed by atoms with van der Waals surface area (Å²) in [6.45, 7) is 0.634. The number of ketones is 1. The van der Waals surface area contributed by atoms with Gasteiger partial charge in [0.2, 0.25) is 0 Å². The maximum Gasteiger partial charge on any atom is 0.149 e. The summed E-state index contributed by atoms with van der Waals surface area (Å²) in [6.07, 6.45) is 11.4. The molecule has 0 aromatic carbocycles. The zero-order valence-electron chi connectivity index (χ0n) is 10.0. The lowest BCUT2D eigenvalue weighted by atomic mass is 9.95. The molecule has 0 unspecified atom stereocenters. The quantitative estimate of drug-likeness (QED) is 0.861. The summed E-state index contributed by atoms with van der Waals surface area (Å²) in [5.41, 5.74) is 0. The predicted molar refractivity (Wildman–Crippen MR) is 72.2 cm³/mol. The molecule has 0 aromatic rings. The van der Waals surface area contributed by atoms with Crippen LogP contribution < -0.4 is 5.32 Å². The number of Topliss-reactive ketones (excluding diaryl/α,β-unsaturated/α-hetero) is 1. The van der Waals surface area contributed by atoms with Gasteiger partial charge in [-0.05, 0) is 25.7 Å². The maximum absolute atomic E-state index is 11.8. The average Bonchev–Trinajstić information content (AvgIpc) is 2.81. The molecule has 2 fully saturated rings. The Balaban J connectivity index is 0.00000128. The van der Waals surface area contributed by atoms with Crippen molar-refractivity contribution in [2.24, 2.45) is 5.92 Å². The summed E-state index contributed by atoms with van der Waals surface area (Å²) in [6, 6.07) is 0.629. The average molecular weight is 290 g/mol. The van der Waals surface area contributed by atoms with E-state index in [1.807, 2.05) is 0 Å². The van der Waals surface area contributed by atoms with Crippen LogP contribution in [-0.2, 0) is 4.79 Å². The highest BCUT2D eigenvalue weighted by molar-refractivity contribution is 8.93. The topological polar surface area (TPSA) is 29.1 Å². The molecule has 0 heterocycles. The van der Waals surface area contributed by atoms with Crippen molar-refractivity contribution < 1.29 is 4.79 Å². The monoisotopic (exact) mass is 289 g/mol. The summed E-state index contributed by atoms with van der Waals surface area (Å²) in [5, 5.41) is 3.45. The van der Waals surface area contributed by atoms with Gasteiger partial charge in [0, 0.05) is 12.0 Å². The van der Waals surface area contributed by atoms with Crippen molar-refractivity contribution in [3.8, 4) is 0 Å². The standard InChI is InChI=1S/C13H23NO.BrH/c15-13(11-6-4-5-7-11)10-14-12-8-2-1-3-9-12;/h11-12,14H,1-10H2;1H. The maximum atomic E-state index is 11.8. The predicted octanol–water partition coefficient (Wildman–Crippen LogP) is 3.25. The van der Waals surface area contributed by atoms with E-state index in [4.69, 9.17) is 0 Å². The third-order valence-electron chi connectivity index (χ3n) is 3.98. The Kier molecular flexibility index (Phi) is 6.59. The molecular weight excluding hydrogens is 266 g/mol. The minimum absolute atomic E-state index is 0. The van der Waals surface area contributed by atoms with E-state index in [0.717, 1.165) is 12.8 Å². The van der Waals surface area contributed by atoms with Crippen LogP contribution in [0, 0.1) is 5.92 Å². The SMILES string of the molecule is Br.O=C(CNC1CCCCC1)C1CCCC1. The fourth-order valence-corrected chi connectivity index (χ4v) is 2.94.